The number of likely N-dealkylation sites (tertiary alicyclic amines) is 1. The highest BCUT2D eigenvalue weighted by Crippen LogP contribution is 2.54. The number of rotatable bonds is 6. The molecule has 2 aromatic rings. The predicted octanol–water partition coefficient (Wildman–Crippen LogP) is 2.63. The van der Waals surface area contributed by atoms with E-state index in [1.165, 1.54) is 40.5 Å². The van der Waals surface area contributed by atoms with Crippen LogP contribution in [0.1, 0.15) is 29.5 Å². The van der Waals surface area contributed by atoms with Gasteiger partial charge in [0.25, 0.3) is 5.69 Å². The molecule has 0 spiro atoms. The smallest absolute Gasteiger partial charge is 0.269 e. The lowest BCUT2D eigenvalue weighted by Gasteiger charge is -2.27. The normalized spacial score (nSPS) is 26.5. The molecule has 5 unspecified atom stereocenters. The summed E-state index contributed by atoms with van der Waals surface area (Å²) in [5.41, 5.74) is 0.376. The van der Waals surface area contributed by atoms with Crippen LogP contribution in [0.2, 0.25) is 0 Å². The second kappa shape index (κ2) is 7.59. The number of carbonyl (C=O) groups excluding carboxylic acids is 3. The van der Waals surface area contributed by atoms with Crippen LogP contribution in [-0.2, 0) is 14.4 Å². The molecule has 0 radical (unpaired) electrons. The van der Waals surface area contributed by atoms with Gasteiger partial charge in [0.05, 0.1) is 29.2 Å². The molecule has 1 N–H and O–H groups in total. The van der Waals surface area contributed by atoms with Crippen molar-refractivity contribution in [3.05, 3.63) is 57.1 Å². The number of carbonyl (C=O) groups is 3. The number of nitro benzene ring substituents is 1. The van der Waals surface area contributed by atoms with Crippen LogP contribution in [0.5, 0.6) is 0 Å². The quantitative estimate of drug-likeness (QED) is 0.307. The molecule has 1 aromatic carbocycles. The minimum atomic E-state index is -0.866. The van der Waals surface area contributed by atoms with Crippen LogP contribution in [-0.4, -0.2) is 37.7 Å². The van der Waals surface area contributed by atoms with E-state index in [4.69, 9.17) is 0 Å². The molecule has 2 bridgehead atoms. The van der Waals surface area contributed by atoms with Crippen molar-refractivity contribution in [1.82, 2.24) is 15.1 Å². The van der Waals surface area contributed by atoms with E-state index in [0.29, 0.717) is 15.7 Å². The van der Waals surface area contributed by atoms with Crippen LogP contribution < -0.4 is 5.32 Å². The Labute approximate surface area is 186 Å². The zero-order chi connectivity index (χ0) is 22.6. The van der Waals surface area contributed by atoms with Crippen molar-refractivity contribution in [2.75, 3.05) is 5.32 Å². The summed E-state index contributed by atoms with van der Waals surface area (Å²) in [6, 6.07) is 4.74. The average Bonchev–Trinajstić information content (AvgIpc) is 3.52. The molecule has 2 fully saturated rings. The number of hydrogen-bond donors (Lipinski definition) is 1. The lowest BCUT2D eigenvalue weighted by atomic mass is 9.85. The molecule has 32 heavy (non-hydrogen) atoms. The van der Waals surface area contributed by atoms with E-state index in [9.17, 15) is 24.5 Å². The van der Waals surface area contributed by atoms with E-state index in [1.807, 2.05) is 12.2 Å². The Morgan fingerprint density at radius 1 is 1.19 bits per heavy atom. The predicted molar refractivity (Wildman–Crippen MR) is 113 cm³/mol. The number of aromatic nitrogens is 2. The van der Waals surface area contributed by atoms with E-state index >= 15 is 0 Å². The molecule has 1 saturated heterocycles. The van der Waals surface area contributed by atoms with Gasteiger partial charge in [0.15, 0.2) is 0 Å². The number of amides is 3. The Morgan fingerprint density at radius 3 is 2.34 bits per heavy atom. The number of nitro groups is 1. The summed E-state index contributed by atoms with van der Waals surface area (Å²) < 4.78 is 0. The Kier molecular flexibility index (Phi) is 4.85. The van der Waals surface area contributed by atoms with Crippen molar-refractivity contribution < 1.29 is 19.3 Å². The highest BCUT2D eigenvalue weighted by atomic mass is 32.1. The fourth-order valence-corrected chi connectivity index (χ4v) is 5.71. The zero-order valence-electron chi connectivity index (χ0n) is 17.0. The minimum absolute atomic E-state index is 0.0437. The summed E-state index contributed by atoms with van der Waals surface area (Å²) >= 11 is 1.21. The fraction of sp³-hybridized carbons (Fsp3) is 0.381. The molecule has 3 amide bonds. The van der Waals surface area contributed by atoms with Crippen molar-refractivity contribution in [3.63, 3.8) is 0 Å². The second-order valence-corrected chi connectivity index (χ2v) is 9.47. The number of allylic oxidation sites excluding steroid dienone is 2. The van der Waals surface area contributed by atoms with E-state index in [0.717, 1.165) is 6.42 Å². The summed E-state index contributed by atoms with van der Waals surface area (Å²) in [4.78, 5) is 51.2. The first kappa shape index (κ1) is 20.4. The Bertz CT molecular complexity index is 1130. The maximum atomic E-state index is 13.3. The second-order valence-electron chi connectivity index (χ2n) is 8.29. The van der Waals surface area contributed by atoms with Crippen molar-refractivity contribution in [1.29, 1.82) is 0 Å². The van der Waals surface area contributed by atoms with Gasteiger partial charge < -0.3 is 5.32 Å². The van der Waals surface area contributed by atoms with Gasteiger partial charge >= 0.3 is 0 Å². The molecular weight excluding hydrogens is 434 g/mol. The van der Waals surface area contributed by atoms with Gasteiger partial charge in [-0.15, -0.1) is 10.2 Å². The number of nitrogens with one attached hydrogen (secondary N) is 1. The number of anilines is 1. The Morgan fingerprint density at radius 2 is 1.81 bits per heavy atom. The SMILES string of the molecule is Cc1nnc(NC(=O)CC(c2ccc([N+](=O)[O-])cc2)N2C(=O)C3C4C=CC(C4)C3C2=O)s1. The van der Waals surface area contributed by atoms with Crippen LogP contribution in [0.4, 0.5) is 10.8 Å². The Balaban J connectivity index is 1.45. The van der Waals surface area contributed by atoms with Crippen LogP contribution in [0, 0.1) is 40.7 Å². The van der Waals surface area contributed by atoms with E-state index in [1.54, 1.807) is 6.92 Å². The molecule has 1 saturated carbocycles. The van der Waals surface area contributed by atoms with Crippen molar-refractivity contribution in [2.24, 2.45) is 23.7 Å². The Hall–Kier alpha value is -3.47. The molecule has 5 rings (SSSR count). The highest BCUT2D eigenvalue weighted by Gasteiger charge is 2.60. The van der Waals surface area contributed by atoms with E-state index < -0.39 is 28.7 Å². The number of hydrogen-bond acceptors (Lipinski definition) is 8. The van der Waals surface area contributed by atoms with E-state index in [2.05, 4.69) is 15.5 Å². The number of aryl methyl sites for hydroxylation is 1. The number of non-ortho nitro benzene ring substituents is 1. The van der Waals surface area contributed by atoms with Gasteiger partial charge in [-0.2, -0.15) is 0 Å². The summed E-state index contributed by atoms with van der Waals surface area (Å²) in [5, 5.41) is 22.5. The highest BCUT2D eigenvalue weighted by molar-refractivity contribution is 7.15. The maximum absolute atomic E-state index is 13.3. The third-order valence-corrected chi connectivity index (χ3v) is 7.21. The number of fused-ring (bicyclic) bond motifs is 5. The number of benzene rings is 1. The van der Waals surface area contributed by atoms with Gasteiger partial charge in [-0.3, -0.25) is 29.4 Å². The largest absolute Gasteiger partial charge is 0.300 e. The molecule has 3 aliphatic rings. The summed E-state index contributed by atoms with van der Waals surface area (Å²) in [6.45, 7) is 1.76. The maximum Gasteiger partial charge on any atom is 0.269 e. The van der Waals surface area contributed by atoms with Gasteiger partial charge in [0.1, 0.15) is 5.01 Å². The molecule has 2 aliphatic carbocycles. The average molecular weight is 453 g/mol. The van der Waals surface area contributed by atoms with Crippen molar-refractivity contribution in [3.8, 4) is 0 Å². The third-order valence-electron chi connectivity index (χ3n) is 6.46. The number of nitrogens with zero attached hydrogens (tertiary/aromatic N) is 4. The first-order chi connectivity index (χ1) is 15.3. The van der Waals surface area contributed by atoms with E-state index in [-0.39, 0.29) is 35.8 Å². The monoisotopic (exact) mass is 453 g/mol. The number of imide groups is 1. The van der Waals surface area contributed by atoms with Crippen LogP contribution >= 0.6 is 11.3 Å². The zero-order valence-corrected chi connectivity index (χ0v) is 17.8. The molecule has 2 heterocycles. The van der Waals surface area contributed by atoms with Crippen molar-refractivity contribution in [2.45, 2.75) is 25.8 Å². The topological polar surface area (TPSA) is 135 Å². The standard InChI is InChI=1S/C21H19N5O5S/c1-10-23-24-21(32-10)22-16(27)9-15(11-4-6-14(7-5-11)26(30)31)25-19(28)17-12-2-3-13(8-12)18(17)20(25)29/h2-7,12-13,15,17-18H,8-9H2,1H3,(H,22,24,27). The summed E-state index contributed by atoms with van der Waals surface area (Å²) in [5.74, 6) is -1.69. The summed E-state index contributed by atoms with van der Waals surface area (Å²) in [7, 11) is 0. The third kappa shape index (κ3) is 3.29. The van der Waals surface area contributed by atoms with Gasteiger partial charge in [0.2, 0.25) is 22.9 Å². The molecule has 164 valence electrons. The molecule has 1 aromatic heterocycles. The molecule has 10 nitrogen and oxygen atoms in total. The van der Waals surface area contributed by atoms with Crippen LogP contribution in [0.3, 0.4) is 0 Å². The first-order valence-corrected chi connectivity index (χ1v) is 11.0. The fourth-order valence-electron chi connectivity index (χ4n) is 5.10. The molecular formula is C21H19N5O5S. The van der Waals surface area contributed by atoms with Gasteiger partial charge in [-0.25, -0.2) is 0 Å². The van der Waals surface area contributed by atoms with Gasteiger partial charge in [-0.05, 0) is 30.7 Å². The van der Waals surface area contributed by atoms with Crippen LogP contribution in [0.25, 0.3) is 0 Å². The first-order valence-electron chi connectivity index (χ1n) is 10.2. The lowest BCUT2D eigenvalue weighted by molar-refractivity contribution is -0.384. The van der Waals surface area contributed by atoms with Crippen molar-refractivity contribution >= 4 is 39.9 Å². The lowest BCUT2D eigenvalue weighted by Crippen LogP contribution is -2.38. The van der Waals surface area contributed by atoms with Gasteiger partial charge in [-0.1, -0.05) is 35.6 Å². The summed E-state index contributed by atoms with van der Waals surface area (Å²) in [6.07, 6.45) is 4.63. The van der Waals surface area contributed by atoms with Gasteiger partial charge in [0, 0.05) is 12.1 Å². The molecule has 1 aliphatic heterocycles. The molecule has 5 atom stereocenters. The molecule has 11 heteroatoms. The van der Waals surface area contributed by atoms with Crippen LogP contribution in [0.15, 0.2) is 36.4 Å². The minimum Gasteiger partial charge on any atom is -0.300 e.